The Labute approximate surface area is 160 Å². The van der Waals surface area contributed by atoms with Gasteiger partial charge in [0, 0.05) is 30.5 Å². The average Bonchev–Trinajstić information content (AvgIpc) is 2.63. The van der Waals surface area contributed by atoms with E-state index in [0.717, 1.165) is 12.1 Å². The zero-order valence-electron chi connectivity index (χ0n) is 15.0. The van der Waals surface area contributed by atoms with Gasteiger partial charge in [-0.3, -0.25) is 14.9 Å². The van der Waals surface area contributed by atoms with Crippen molar-refractivity contribution in [1.82, 2.24) is 4.72 Å². The molecule has 2 rings (SSSR count). The molecule has 0 unspecified atom stereocenters. The first kappa shape index (κ1) is 21.4. The summed E-state index contributed by atoms with van der Waals surface area (Å²) in [5.41, 5.74) is -0.615. The fraction of sp³-hybridized carbons (Fsp3) is 0.235. The molecule has 28 heavy (non-hydrogen) atoms. The molecule has 1 atom stereocenters. The van der Waals surface area contributed by atoms with Crippen molar-refractivity contribution in [1.29, 1.82) is 0 Å². The average molecular weight is 411 g/mol. The number of rotatable bonds is 8. The molecule has 0 saturated carbocycles. The van der Waals surface area contributed by atoms with Crippen molar-refractivity contribution in [3.05, 3.63) is 64.0 Å². The summed E-state index contributed by atoms with van der Waals surface area (Å²) in [6.07, 6.45) is 0. The normalized spacial score (nSPS) is 12.4. The molecule has 0 aliphatic rings. The lowest BCUT2D eigenvalue weighted by molar-refractivity contribution is -0.387. The Balaban J connectivity index is 2.14. The number of amides is 1. The van der Waals surface area contributed by atoms with Gasteiger partial charge in [0.05, 0.1) is 16.4 Å². The number of benzene rings is 2. The van der Waals surface area contributed by atoms with E-state index >= 15 is 0 Å². The lowest BCUT2D eigenvalue weighted by Crippen LogP contribution is -2.35. The van der Waals surface area contributed by atoms with Crippen LogP contribution < -0.4 is 10.0 Å². The molecule has 9 nitrogen and oxygen atoms in total. The van der Waals surface area contributed by atoms with Crippen molar-refractivity contribution in [2.24, 2.45) is 0 Å². The monoisotopic (exact) mass is 411 g/mol. The van der Waals surface area contributed by atoms with Crippen LogP contribution in [0.15, 0.2) is 47.4 Å². The standard InChI is InChI=1S/C17H18FN3O6S/c1-11(10-27-2)20-28(25,26)14-6-3-12(4-7-14)17(22)19-13-5-8-15(18)16(9-13)21(23)24/h3-9,11,20H,10H2,1-2H3,(H,19,22)/t11-/m0/s1. The topological polar surface area (TPSA) is 128 Å². The molecule has 11 heteroatoms. The van der Waals surface area contributed by atoms with Crippen molar-refractivity contribution >= 4 is 27.3 Å². The number of carbonyl (C=O) groups excluding carboxylic acids is 1. The lowest BCUT2D eigenvalue weighted by Gasteiger charge is -2.13. The number of methoxy groups -OCH3 is 1. The van der Waals surface area contributed by atoms with Crippen LogP contribution in [0, 0.1) is 15.9 Å². The maximum absolute atomic E-state index is 13.4. The Morgan fingerprint density at radius 2 is 1.89 bits per heavy atom. The SMILES string of the molecule is COC[C@H](C)NS(=O)(=O)c1ccc(C(=O)Nc2ccc(F)c([N+](=O)[O-])c2)cc1. The summed E-state index contributed by atoms with van der Waals surface area (Å²) in [5, 5.41) is 13.2. The molecule has 0 radical (unpaired) electrons. The summed E-state index contributed by atoms with van der Waals surface area (Å²) in [6, 6.07) is 7.61. The van der Waals surface area contributed by atoms with Crippen LogP contribution in [0.25, 0.3) is 0 Å². The highest BCUT2D eigenvalue weighted by Gasteiger charge is 2.19. The van der Waals surface area contributed by atoms with E-state index in [0.29, 0.717) is 0 Å². The van der Waals surface area contributed by atoms with Gasteiger partial charge in [0.1, 0.15) is 0 Å². The van der Waals surface area contributed by atoms with Gasteiger partial charge in [-0.25, -0.2) is 13.1 Å². The van der Waals surface area contributed by atoms with Crippen LogP contribution in [0.3, 0.4) is 0 Å². The first-order chi connectivity index (χ1) is 13.1. The van der Waals surface area contributed by atoms with Crippen molar-refractivity contribution in [2.45, 2.75) is 17.9 Å². The van der Waals surface area contributed by atoms with Crippen molar-refractivity contribution in [3.8, 4) is 0 Å². The minimum absolute atomic E-state index is 0.0323. The summed E-state index contributed by atoms with van der Waals surface area (Å²) < 4.78 is 45.2. The Kier molecular flexibility index (Phi) is 6.78. The van der Waals surface area contributed by atoms with Crippen LogP contribution in [0.2, 0.25) is 0 Å². The highest BCUT2D eigenvalue weighted by Crippen LogP contribution is 2.22. The predicted molar refractivity (Wildman–Crippen MR) is 99.1 cm³/mol. The van der Waals surface area contributed by atoms with E-state index in [4.69, 9.17) is 4.74 Å². The maximum Gasteiger partial charge on any atom is 0.306 e. The number of hydrogen-bond acceptors (Lipinski definition) is 6. The summed E-state index contributed by atoms with van der Waals surface area (Å²) in [4.78, 5) is 22.1. The van der Waals surface area contributed by atoms with E-state index in [2.05, 4.69) is 10.0 Å². The molecule has 2 N–H and O–H groups in total. The third-order valence-electron chi connectivity index (χ3n) is 3.60. The van der Waals surface area contributed by atoms with E-state index in [1.807, 2.05) is 0 Å². The molecular weight excluding hydrogens is 393 g/mol. The molecule has 0 saturated heterocycles. The van der Waals surface area contributed by atoms with Gasteiger partial charge in [0.25, 0.3) is 5.91 Å². The zero-order valence-corrected chi connectivity index (χ0v) is 15.8. The Bertz CT molecular complexity index is 979. The molecule has 0 spiro atoms. The third kappa shape index (κ3) is 5.31. The molecule has 0 aliphatic carbocycles. The van der Waals surface area contributed by atoms with Gasteiger partial charge in [-0.15, -0.1) is 0 Å². The van der Waals surface area contributed by atoms with Crippen molar-refractivity contribution in [2.75, 3.05) is 19.0 Å². The molecule has 2 aromatic carbocycles. The Morgan fingerprint density at radius 1 is 1.25 bits per heavy atom. The molecule has 0 aliphatic heterocycles. The van der Waals surface area contributed by atoms with Crippen molar-refractivity contribution in [3.63, 3.8) is 0 Å². The van der Waals surface area contributed by atoms with E-state index in [-0.39, 0.29) is 22.8 Å². The van der Waals surface area contributed by atoms with Gasteiger partial charge >= 0.3 is 5.69 Å². The largest absolute Gasteiger partial charge is 0.383 e. The Morgan fingerprint density at radius 3 is 2.46 bits per heavy atom. The molecule has 150 valence electrons. The van der Waals surface area contributed by atoms with E-state index in [1.54, 1.807) is 6.92 Å². The second-order valence-corrected chi connectivity index (χ2v) is 7.59. The number of ether oxygens (including phenoxy) is 1. The minimum Gasteiger partial charge on any atom is -0.383 e. The van der Waals surface area contributed by atoms with Gasteiger partial charge in [0.2, 0.25) is 15.8 Å². The third-order valence-corrected chi connectivity index (χ3v) is 5.21. The zero-order chi connectivity index (χ0) is 20.9. The molecule has 1 amide bonds. The van der Waals surface area contributed by atoms with Gasteiger partial charge in [-0.05, 0) is 43.3 Å². The number of nitro benzene ring substituents is 1. The smallest absolute Gasteiger partial charge is 0.306 e. The number of halogens is 1. The van der Waals surface area contributed by atoms with Gasteiger partial charge < -0.3 is 10.1 Å². The number of nitro groups is 1. The number of carbonyl (C=O) groups is 1. The minimum atomic E-state index is -3.78. The summed E-state index contributed by atoms with van der Waals surface area (Å²) in [7, 11) is -2.33. The summed E-state index contributed by atoms with van der Waals surface area (Å²) >= 11 is 0. The van der Waals surface area contributed by atoms with Crippen LogP contribution in [0.4, 0.5) is 15.8 Å². The van der Waals surface area contributed by atoms with E-state index in [1.165, 1.54) is 37.4 Å². The van der Waals surface area contributed by atoms with Gasteiger partial charge in [-0.2, -0.15) is 4.39 Å². The Hall–Kier alpha value is -2.89. The second-order valence-electron chi connectivity index (χ2n) is 5.88. The van der Waals surface area contributed by atoms with Crippen molar-refractivity contribution < 1.29 is 27.3 Å². The predicted octanol–water partition coefficient (Wildman–Crippen LogP) is 2.30. The van der Waals surface area contributed by atoms with E-state index in [9.17, 15) is 27.7 Å². The van der Waals surface area contributed by atoms with Crippen LogP contribution in [0.5, 0.6) is 0 Å². The number of sulfonamides is 1. The highest BCUT2D eigenvalue weighted by molar-refractivity contribution is 7.89. The summed E-state index contributed by atoms with van der Waals surface area (Å²) in [5.74, 6) is -1.65. The molecular formula is C17H18FN3O6S. The number of nitrogens with one attached hydrogen (secondary N) is 2. The fourth-order valence-corrected chi connectivity index (χ4v) is 3.56. The van der Waals surface area contributed by atoms with Crippen LogP contribution in [-0.4, -0.2) is 39.0 Å². The maximum atomic E-state index is 13.4. The van der Waals surface area contributed by atoms with Crippen LogP contribution in [-0.2, 0) is 14.8 Å². The second kappa shape index (κ2) is 8.87. The molecule has 0 heterocycles. The first-order valence-electron chi connectivity index (χ1n) is 8.00. The van der Waals surface area contributed by atoms with Gasteiger partial charge in [-0.1, -0.05) is 0 Å². The quantitative estimate of drug-likeness (QED) is 0.507. The van der Waals surface area contributed by atoms with Crippen LogP contribution >= 0.6 is 0 Å². The highest BCUT2D eigenvalue weighted by atomic mass is 32.2. The van der Waals surface area contributed by atoms with E-state index < -0.39 is 38.4 Å². The molecule has 0 aromatic heterocycles. The lowest BCUT2D eigenvalue weighted by atomic mass is 10.2. The molecule has 2 aromatic rings. The van der Waals surface area contributed by atoms with Crippen LogP contribution in [0.1, 0.15) is 17.3 Å². The molecule has 0 fully saturated rings. The number of hydrogen-bond donors (Lipinski definition) is 2. The number of nitrogens with zero attached hydrogens (tertiary/aromatic N) is 1. The summed E-state index contributed by atoms with van der Waals surface area (Å²) in [6.45, 7) is 1.84. The fourth-order valence-electron chi connectivity index (χ4n) is 2.34. The number of anilines is 1. The molecule has 0 bridgehead atoms. The van der Waals surface area contributed by atoms with Gasteiger partial charge in [0.15, 0.2) is 0 Å². The first-order valence-corrected chi connectivity index (χ1v) is 9.49.